The van der Waals surface area contributed by atoms with Crippen LogP contribution in [0.3, 0.4) is 0 Å². The molecule has 2 amide bonds. The van der Waals surface area contributed by atoms with Crippen molar-refractivity contribution in [3.05, 3.63) is 53.3 Å². The summed E-state index contributed by atoms with van der Waals surface area (Å²) in [5.74, 6) is 1.18. The normalized spacial score (nSPS) is 19.9. The van der Waals surface area contributed by atoms with Crippen molar-refractivity contribution in [2.24, 2.45) is 0 Å². The van der Waals surface area contributed by atoms with Crippen LogP contribution in [0.4, 0.5) is 0 Å². The number of pyridine rings is 1. The number of fused-ring (bicyclic) bond motifs is 3. The SMILES string of the molecule is COc1ccc2c(c1OC)C(=O)N1[C@@H](C(=O)NCCc3ccccn3)CS[C@@H]21. The summed E-state index contributed by atoms with van der Waals surface area (Å²) in [7, 11) is 3.06. The van der Waals surface area contributed by atoms with Crippen LogP contribution >= 0.6 is 11.8 Å². The molecule has 3 heterocycles. The molecule has 0 radical (unpaired) electrons. The minimum Gasteiger partial charge on any atom is -0.493 e. The first-order chi connectivity index (χ1) is 13.7. The molecule has 0 bridgehead atoms. The van der Waals surface area contributed by atoms with Crippen LogP contribution in [0.15, 0.2) is 36.5 Å². The number of benzene rings is 1. The van der Waals surface area contributed by atoms with Gasteiger partial charge in [0.2, 0.25) is 5.91 Å². The molecular weight excluding hydrogens is 378 g/mol. The Bertz CT molecular complexity index is 906. The molecular formula is C20H21N3O4S. The van der Waals surface area contributed by atoms with Gasteiger partial charge in [-0.15, -0.1) is 11.8 Å². The summed E-state index contributed by atoms with van der Waals surface area (Å²) in [6.45, 7) is 0.480. The van der Waals surface area contributed by atoms with E-state index in [2.05, 4.69) is 10.3 Å². The number of nitrogens with zero attached hydrogens (tertiary/aromatic N) is 2. The maximum absolute atomic E-state index is 13.1. The third-order valence-electron chi connectivity index (χ3n) is 5.00. The number of nitrogens with one attached hydrogen (secondary N) is 1. The molecule has 0 unspecified atom stereocenters. The molecule has 2 atom stereocenters. The number of ether oxygens (including phenoxy) is 2. The Morgan fingerprint density at radius 3 is 2.86 bits per heavy atom. The molecule has 2 aliphatic heterocycles. The molecule has 0 spiro atoms. The molecule has 2 aromatic rings. The van der Waals surface area contributed by atoms with Crippen LogP contribution < -0.4 is 14.8 Å². The van der Waals surface area contributed by atoms with Gasteiger partial charge in [-0.3, -0.25) is 14.6 Å². The van der Waals surface area contributed by atoms with Crippen LogP contribution in [0.1, 0.15) is 27.0 Å². The van der Waals surface area contributed by atoms with Gasteiger partial charge in [0.15, 0.2) is 11.5 Å². The minimum absolute atomic E-state index is 0.141. The first kappa shape index (κ1) is 18.6. The van der Waals surface area contributed by atoms with Crippen LogP contribution in [0.2, 0.25) is 0 Å². The van der Waals surface area contributed by atoms with Gasteiger partial charge in [-0.1, -0.05) is 12.1 Å². The van der Waals surface area contributed by atoms with E-state index in [4.69, 9.17) is 9.47 Å². The number of rotatable bonds is 6. The van der Waals surface area contributed by atoms with Gasteiger partial charge in [-0.05, 0) is 18.2 Å². The van der Waals surface area contributed by atoms with Gasteiger partial charge in [0, 0.05) is 36.2 Å². The Hall–Kier alpha value is -2.74. The number of hydrogen-bond acceptors (Lipinski definition) is 6. The molecule has 8 heteroatoms. The van der Waals surface area contributed by atoms with E-state index in [-0.39, 0.29) is 17.2 Å². The third kappa shape index (κ3) is 3.07. The van der Waals surface area contributed by atoms with Gasteiger partial charge in [-0.25, -0.2) is 0 Å². The van der Waals surface area contributed by atoms with Crippen LogP contribution in [0.5, 0.6) is 11.5 Å². The predicted octanol–water partition coefficient (Wildman–Crippen LogP) is 2.03. The number of aromatic nitrogens is 1. The highest BCUT2D eigenvalue weighted by atomic mass is 32.2. The van der Waals surface area contributed by atoms with E-state index < -0.39 is 6.04 Å². The second kappa shape index (κ2) is 7.71. The highest BCUT2D eigenvalue weighted by Gasteiger charge is 2.50. The van der Waals surface area contributed by atoms with Crippen molar-refractivity contribution in [1.82, 2.24) is 15.2 Å². The van der Waals surface area contributed by atoms with Gasteiger partial charge in [-0.2, -0.15) is 0 Å². The van der Waals surface area contributed by atoms with Crippen molar-refractivity contribution in [3.63, 3.8) is 0 Å². The van der Waals surface area contributed by atoms with Crippen LogP contribution in [-0.4, -0.2) is 54.3 Å². The third-order valence-corrected chi connectivity index (χ3v) is 6.31. The van der Waals surface area contributed by atoms with Crippen molar-refractivity contribution in [2.75, 3.05) is 26.5 Å². The number of thioether (sulfide) groups is 1. The van der Waals surface area contributed by atoms with Crippen LogP contribution in [0.25, 0.3) is 0 Å². The number of carbonyl (C=O) groups is 2. The summed E-state index contributed by atoms with van der Waals surface area (Å²) in [6, 6.07) is 8.88. The zero-order chi connectivity index (χ0) is 19.7. The Morgan fingerprint density at radius 2 is 2.14 bits per heavy atom. The van der Waals surface area contributed by atoms with Crippen molar-refractivity contribution in [3.8, 4) is 11.5 Å². The molecule has 2 aliphatic rings. The van der Waals surface area contributed by atoms with Crippen molar-refractivity contribution < 1.29 is 19.1 Å². The Kier molecular flexibility index (Phi) is 5.13. The highest BCUT2D eigenvalue weighted by molar-refractivity contribution is 7.99. The second-order valence-corrected chi connectivity index (χ2v) is 7.65. The monoisotopic (exact) mass is 399 g/mol. The molecule has 146 valence electrons. The quantitative estimate of drug-likeness (QED) is 0.801. The summed E-state index contributed by atoms with van der Waals surface area (Å²) < 4.78 is 10.7. The zero-order valence-corrected chi connectivity index (χ0v) is 16.5. The first-order valence-electron chi connectivity index (χ1n) is 9.02. The summed E-state index contributed by atoms with van der Waals surface area (Å²) >= 11 is 1.59. The zero-order valence-electron chi connectivity index (χ0n) is 15.7. The fraction of sp³-hybridized carbons (Fsp3) is 0.350. The Labute approximate surface area is 167 Å². The van der Waals surface area contributed by atoms with Gasteiger partial charge in [0.1, 0.15) is 11.4 Å². The van der Waals surface area contributed by atoms with Crippen LogP contribution in [0, 0.1) is 0 Å². The lowest BCUT2D eigenvalue weighted by Gasteiger charge is -2.22. The maximum atomic E-state index is 13.1. The summed E-state index contributed by atoms with van der Waals surface area (Å²) in [5, 5.41) is 2.77. The van der Waals surface area contributed by atoms with Gasteiger partial charge in [0.05, 0.1) is 19.8 Å². The van der Waals surface area contributed by atoms with E-state index in [1.165, 1.54) is 14.2 Å². The van der Waals surface area contributed by atoms with Gasteiger partial charge in [0.25, 0.3) is 5.91 Å². The number of carbonyl (C=O) groups excluding carboxylic acids is 2. The molecule has 28 heavy (non-hydrogen) atoms. The maximum Gasteiger partial charge on any atom is 0.260 e. The summed E-state index contributed by atoms with van der Waals surface area (Å²) in [4.78, 5) is 31.8. The predicted molar refractivity (Wildman–Crippen MR) is 106 cm³/mol. The number of amides is 2. The molecule has 0 aliphatic carbocycles. The Balaban J connectivity index is 1.49. The van der Waals surface area contributed by atoms with Crippen molar-refractivity contribution in [1.29, 1.82) is 0 Å². The second-order valence-electron chi connectivity index (χ2n) is 6.54. The first-order valence-corrected chi connectivity index (χ1v) is 10.1. The lowest BCUT2D eigenvalue weighted by atomic mass is 10.1. The molecule has 4 rings (SSSR count). The van der Waals surface area contributed by atoms with Crippen molar-refractivity contribution in [2.45, 2.75) is 17.8 Å². The van der Waals surface area contributed by atoms with E-state index in [1.54, 1.807) is 28.9 Å². The van der Waals surface area contributed by atoms with E-state index in [9.17, 15) is 9.59 Å². The lowest BCUT2D eigenvalue weighted by Crippen LogP contribution is -2.46. The van der Waals surface area contributed by atoms with Gasteiger partial charge < -0.3 is 19.7 Å². The molecule has 1 fully saturated rings. The minimum atomic E-state index is -0.505. The van der Waals surface area contributed by atoms with E-state index in [1.807, 2.05) is 24.3 Å². The smallest absolute Gasteiger partial charge is 0.260 e. The van der Waals surface area contributed by atoms with E-state index in [0.29, 0.717) is 35.8 Å². The highest BCUT2D eigenvalue weighted by Crippen LogP contribution is 2.52. The molecule has 0 saturated carbocycles. The molecule has 1 N–H and O–H groups in total. The number of hydrogen-bond donors (Lipinski definition) is 1. The lowest BCUT2D eigenvalue weighted by molar-refractivity contribution is -0.124. The standard InChI is InChI=1S/C20H21N3O4S/c1-26-15-7-6-13-16(17(15)27-2)19(25)23-14(11-28-20(13)23)18(24)22-10-8-12-5-3-4-9-21-12/h3-7,9,14,20H,8,10-11H2,1-2H3,(H,22,24)/t14-,20+/m1/s1. The average molecular weight is 399 g/mol. The summed E-state index contributed by atoms with van der Waals surface area (Å²) in [5.41, 5.74) is 2.28. The molecule has 1 saturated heterocycles. The average Bonchev–Trinajstić information content (AvgIpc) is 3.28. The van der Waals surface area contributed by atoms with E-state index >= 15 is 0 Å². The molecule has 1 aromatic heterocycles. The molecule has 1 aromatic carbocycles. The molecule has 7 nitrogen and oxygen atoms in total. The fourth-order valence-corrected chi connectivity index (χ4v) is 5.13. The van der Waals surface area contributed by atoms with Gasteiger partial charge >= 0.3 is 0 Å². The van der Waals surface area contributed by atoms with Crippen LogP contribution in [-0.2, 0) is 11.2 Å². The largest absolute Gasteiger partial charge is 0.493 e. The van der Waals surface area contributed by atoms with Crippen molar-refractivity contribution >= 4 is 23.6 Å². The number of methoxy groups -OCH3 is 2. The van der Waals surface area contributed by atoms with E-state index in [0.717, 1.165) is 11.3 Å². The fourth-order valence-electron chi connectivity index (χ4n) is 3.67. The summed E-state index contributed by atoms with van der Waals surface area (Å²) in [6.07, 6.45) is 2.38. The Morgan fingerprint density at radius 1 is 1.29 bits per heavy atom. The topological polar surface area (TPSA) is 80.8 Å².